The standard InChI is InChI=1S/C18H16F3N3O/c1-17(25,18(19,20)21)13-8-12(9-22-10-13)16-15(11-5-6-11)14-4-2-3-7-24(14)23-16/h2-4,7-11,25H,5-6H2,1H3/t17-/m1/s1. The van der Waals surface area contributed by atoms with Crippen LogP contribution in [0, 0.1) is 0 Å². The maximum Gasteiger partial charge on any atom is 0.421 e. The molecule has 130 valence electrons. The summed E-state index contributed by atoms with van der Waals surface area (Å²) < 4.78 is 41.2. The fourth-order valence-corrected chi connectivity index (χ4v) is 3.00. The van der Waals surface area contributed by atoms with Crippen molar-refractivity contribution in [3.05, 3.63) is 54.0 Å². The molecule has 1 N–H and O–H groups in total. The van der Waals surface area contributed by atoms with Crippen LogP contribution >= 0.6 is 0 Å². The average Bonchev–Trinajstić information content (AvgIpc) is 3.33. The fourth-order valence-electron chi connectivity index (χ4n) is 3.00. The molecule has 0 unspecified atom stereocenters. The Morgan fingerprint density at radius 2 is 1.96 bits per heavy atom. The Balaban J connectivity index is 1.88. The first-order valence-corrected chi connectivity index (χ1v) is 8.01. The van der Waals surface area contributed by atoms with E-state index in [1.54, 1.807) is 4.52 Å². The summed E-state index contributed by atoms with van der Waals surface area (Å²) in [5.74, 6) is 0.363. The SMILES string of the molecule is C[C@@](O)(c1cncc(-c2nn3ccccc3c2C2CC2)c1)C(F)(F)F. The topological polar surface area (TPSA) is 50.4 Å². The van der Waals surface area contributed by atoms with Gasteiger partial charge in [-0.25, -0.2) is 4.52 Å². The van der Waals surface area contributed by atoms with Gasteiger partial charge in [-0.1, -0.05) is 6.07 Å². The van der Waals surface area contributed by atoms with Crippen LogP contribution in [0.3, 0.4) is 0 Å². The molecular formula is C18H16F3N3O. The van der Waals surface area contributed by atoms with Crippen molar-refractivity contribution >= 4 is 5.52 Å². The first kappa shape index (κ1) is 16.1. The molecule has 0 amide bonds. The summed E-state index contributed by atoms with van der Waals surface area (Å²) >= 11 is 0. The number of alkyl halides is 3. The normalized spacial score (nSPS) is 17.6. The molecule has 1 saturated carbocycles. The second-order valence-corrected chi connectivity index (χ2v) is 6.60. The molecule has 1 aliphatic rings. The van der Waals surface area contributed by atoms with Crippen LogP contribution in [-0.4, -0.2) is 25.9 Å². The lowest BCUT2D eigenvalue weighted by Crippen LogP contribution is -2.39. The molecule has 0 aromatic carbocycles. The van der Waals surface area contributed by atoms with Gasteiger partial charge in [-0.15, -0.1) is 0 Å². The van der Waals surface area contributed by atoms with Crippen molar-refractivity contribution < 1.29 is 18.3 Å². The molecule has 25 heavy (non-hydrogen) atoms. The van der Waals surface area contributed by atoms with E-state index in [-0.39, 0.29) is 5.56 Å². The number of hydrogen-bond donors (Lipinski definition) is 1. The zero-order valence-electron chi connectivity index (χ0n) is 13.5. The van der Waals surface area contributed by atoms with Gasteiger partial charge >= 0.3 is 6.18 Å². The van der Waals surface area contributed by atoms with E-state index in [0.717, 1.165) is 37.0 Å². The number of aliphatic hydroxyl groups is 1. The maximum atomic E-state index is 13.1. The van der Waals surface area contributed by atoms with E-state index in [4.69, 9.17) is 0 Å². The molecule has 0 radical (unpaired) electrons. The first-order valence-electron chi connectivity index (χ1n) is 8.01. The number of nitrogens with zero attached hydrogens (tertiary/aromatic N) is 3. The summed E-state index contributed by atoms with van der Waals surface area (Å²) in [6.45, 7) is 0.735. The van der Waals surface area contributed by atoms with Crippen LogP contribution in [0.2, 0.25) is 0 Å². The summed E-state index contributed by atoms with van der Waals surface area (Å²) in [7, 11) is 0. The third-order valence-electron chi connectivity index (χ3n) is 4.69. The van der Waals surface area contributed by atoms with Crippen LogP contribution in [0.4, 0.5) is 13.2 Å². The van der Waals surface area contributed by atoms with Crippen molar-refractivity contribution in [2.75, 3.05) is 0 Å². The van der Waals surface area contributed by atoms with E-state index in [9.17, 15) is 18.3 Å². The molecule has 3 aromatic heterocycles. The number of halogens is 3. The number of rotatable bonds is 3. The van der Waals surface area contributed by atoms with Crippen LogP contribution in [0.1, 0.15) is 36.8 Å². The Morgan fingerprint density at radius 1 is 1.20 bits per heavy atom. The molecule has 1 aliphatic carbocycles. The zero-order valence-corrected chi connectivity index (χ0v) is 13.5. The molecular weight excluding hydrogens is 331 g/mol. The molecule has 3 aromatic rings. The summed E-state index contributed by atoms with van der Waals surface area (Å²) in [5.41, 5.74) is -0.168. The van der Waals surface area contributed by atoms with Crippen LogP contribution in [0.15, 0.2) is 42.9 Å². The predicted octanol–water partition coefficient (Wildman–Crippen LogP) is 4.04. The fraction of sp³-hybridized carbons (Fsp3) is 0.333. The molecule has 0 saturated heterocycles. The highest BCUT2D eigenvalue weighted by molar-refractivity contribution is 5.74. The number of fused-ring (bicyclic) bond motifs is 1. The van der Waals surface area contributed by atoms with Gasteiger partial charge in [0.1, 0.15) is 0 Å². The molecule has 3 heterocycles. The van der Waals surface area contributed by atoms with Gasteiger partial charge in [-0.3, -0.25) is 4.98 Å². The van der Waals surface area contributed by atoms with Gasteiger partial charge in [0.15, 0.2) is 5.60 Å². The van der Waals surface area contributed by atoms with Gasteiger partial charge in [0.05, 0.1) is 11.2 Å². The van der Waals surface area contributed by atoms with Crippen molar-refractivity contribution in [2.45, 2.75) is 37.5 Å². The second-order valence-electron chi connectivity index (χ2n) is 6.60. The third kappa shape index (κ3) is 2.59. The molecule has 4 nitrogen and oxygen atoms in total. The van der Waals surface area contributed by atoms with Crippen molar-refractivity contribution in [3.63, 3.8) is 0 Å². The molecule has 4 rings (SSSR count). The van der Waals surface area contributed by atoms with Gasteiger partial charge in [0.25, 0.3) is 0 Å². The Morgan fingerprint density at radius 3 is 2.64 bits per heavy atom. The van der Waals surface area contributed by atoms with Crippen LogP contribution < -0.4 is 0 Å². The highest BCUT2D eigenvalue weighted by Crippen LogP contribution is 2.47. The van der Waals surface area contributed by atoms with Crippen LogP contribution in [-0.2, 0) is 5.60 Å². The first-order chi connectivity index (χ1) is 11.8. The molecule has 0 spiro atoms. The monoisotopic (exact) mass is 347 g/mol. The molecule has 1 atom stereocenters. The Kier molecular flexibility index (Phi) is 3.40. The Bertz CT molecular complexity index is 942. The van der Waals surface area contributed by atoms with Crippen LogP contribution in [0.25, 0.3) is 16.8 Å². The summed E-state index contributed by atoms with van der Waals surface area (Å²) in [4.78, 5) is 3.92. The molecule has 1 fully saturated rings. The number of hydrogen-bond acceptors (Lipinski definition) is 3. The highest BCUT2D eigenvalue weighted by Gasteiger charge is 2.51. The minimum absolute atomic E-state index is 0.295. The van der Waals surface area contributed by atoms with E-state index in [1.807, 2.05) is 24.4 Å². The second kappa shape index (κ2) is 5.29. The van der Waals surface area contributed by atoms with Crippen molar-refractivity contribution in [1.29, 1.82) is 0 Å². The van der Waals surface area contributed by atoms with E-state index in [1.165, 1.54) is 12.3 Å². The van der Waals surface area contributed by atoms with Crippen molar-refractivity contribution in [1.82, 2.24) is 14.6 Å². The van der Waals surface area contributed by atoms with E-state index >= 15 is 0 Å². The minimum Gasteiger partial charge on any atom is -0.376 e. The molecule has 7 heteroatoms. The van der Waals surface area contributed by atoms with Gasteiger partial charge in [0.2, 0.25) is 0 Å². The minimum atomic E-state index is -4.79. The van der Waals surface area contributed by atoms with E-state index < -0.39 is 11.8 Å². The van der Waals surface area contributed by atoms with Gasteiger partial charge < -0.3 is 5.11 Å². The summed E-state index contributed by atoms with van der Waals surface area (Å²) in [5, 5.41) is 14.5. The lowest BCUT2D eigenvalue weighted by atomic mass is 9.94. The quantitative estimate of drug-likeness (QED) is 0.778. The Labute approximate surface area is 141 Å². The number of aromatic nitrogens is 3. The maximum absolute atomic E-state index is 13.1. The number of pyridine rings is 2. The zero-order chi connectivity index (χ0) is 17.8. The van der Waals surface area contributed by atoms with E-state index in [0.29, 0.717) is 17.2 Å². The third-order valence-corrected chi connectivity index (χ3v) is 4.69. The van der Waals surface area contributed by atoms with Gasteiger partial charge in [-0.2, -0.15) is 18.3 Å². The largest absolute Gasteiger partial charge is 0.421 e. The van der Waals surface area contributed by atoms with Crippen LogP contribution in [0.5, 0.6) is 0 Å². The Hall–Kier alpha value is -2.41. The van der Waals surface area contributed by atoms with Gasteiger partial charge in [0, 0.05) is 35.3 Å². The van der Waals surface area contributed by atoms with Crippen molar-refractivity contribution in [3.8, 4) is 11.3 Å². The van der Waals surface area contributed by atoms with Crippen molar-refractivity contribution in [2.24, 2.45) is 0 Å². The average molecular weight is 347 g/mol. The highest BCUT2D eigenvalue weighted by atomic mass is 19.4. The predicted molar refractivity (Wildman–Crippen MR) is 86.0 cm³/mol. The molecule has 0 bridgehead atoms. The molecule has 0 aliphatic heterocycles. The lowest BCUT2D eigenvalue weighted by molar-refractivity contribution is -0.259. The summed E-state index contributed by atoms with van der Waals surface area (Å²) in [6, 6.07) is 7.04. The van der Waals surface area contributed by atoms with E-state index in [2.05, 4.69) is 10.1 Å². The summed E-state index contributed by atoms with van der Waals surface area (Å²) in [6.07, 6.45) is 1.64. The van der Waals surface area contributed by atoms with Gasteiger partial charge in [-0.05, 0) is 43.9 Å². The lowest BCUT2D eigenvalue weighted by Gasteiger charge is -2.26. The smallest absolute Gasteiger partial charge is 0.376 e.